The molecular formula is C13H20N2O2S2. The highest BCUT2D eigenvalue weighted by Crippen LogP contribution is 2.41. The molecule has 1 aromatic heterocycles. The highest BCUT2D eigenvalue weighted by atomic mass is 32.2. The molecule has 0 radical (unpaired) electrons. The molecule has 0 unspecified atom stereocenters. The SMILES string of the molecule is Cc1csc(S(=O)(=O)N2CCC3(CCNCC3)C2)c1. The molecule has 0 aliphatic carbocycles. The first-order valence-corrected chi connectivity index (χ1v) is 9.10. The Kier molecular flexibility index (Phi) is 3.45. The monoisotopic (exact) mass is 300 g/mol. The fourth-order valence-electron chi connectivity index (χ4n) is 3.13. The molecule has 2 aliphatic rings. The number of piperidine rings is 1. The average molecular weight is 300 g/mol. The van der Waals surface area contributed by atoms with Gasteiger partial charge in [-0.2, -0.15) is 4.31 Å². The quantitative estimate of drug-likeness (QED) is 0.906. The normalized spacial score (nSPS) is 24.1. The van der Waals surface area contributed by atoms with E-state index in [9.17, 15) is 8.42 Å². The third-order valence-electron chi connectivity index (χ3n) is 4.37. The minimum Gasteiger partial charge on any atom is -0.317 e. The summed E-state index contributed by atoms with van der Waals surface area (Å²) in [6.45, 7) is 5.36. The summed E-state index contributed by atoms with van der Waals surface area (Å²) in [6.07, 6.45) is 3.21. The second-order valence-electron chi connectivity index (χ2n) is 5.78. The Morgan fingerprint density at radius 3 is 2.68 bits per heavy atom. The van der Waals surface area contributed by atoms with E-state index < -0.39 is 10.0 Å². The Bertz CT molecular complexity index is 559. The molecule has 19 heavy (non-hydrogen) atoms. The van der Waals surface area contributed by atoms with Crippen LogP contribution >= 0.6 is 11.3 Å². The molecule has 106 valence electrons. The van der Waals surface area contributed by atoms with E-state index in [0.717, 1.165) is 37.9 Å². The van der Waals surface area contributed by atoms with Crippen molar-refractivity contribution in [3.8, 4) is 0 Å². The van der Waals surface area contributed by atoms with Crippen LogP contribution in [0, 0.1) is 12.3 Å². The average Bonchev–Trinajstić information content (AvgIpc) is 2.98. The van der Waals surface area contributed by atoms with Gasteiger partial charge < -0.3 is 5.32 Å². The van der Waals surface area contributed by atoms with Crippen LogP contribution in [0.2, 0.25) is 0 Å². The van der Waals surface area contributed by atoms with Crippen LogP contribution in [0.1, 0.15) is 24.8 Å². The Balaban J connectivity index is 1.80. The maximum absolute atomic E-state index is 12.6. The van der Waals surface area contributed by atoms with Crippen LogP contribution in [0.5, 0.6) is 0 Å². The van der Waals surface area contributed by atoms with E-state index in [1.54, 1.807) is 10.4 Å². The first-order chi connectivity index (χ1) is 9.02. The largest absolute Gasteiger partial charge is 0.317 e. The predicted molar refractivity (Wildman–Crippen MR) is 77.0 cm³/mol. The molecule has 2 aliphatic heterocycles. The van der Waals surface area contributed by atoms with Crippen LogP contribution in [0.25, 0.3) is 0 Å². The Morgan fingerprint density at radius 1 is 1.32 bits per heavy atom. The molecule has 6 heteroatoms. The molecule has 3 rings (SSSR count). The number of hydrogen-bond donors (Lipinski definition) is 1. The number of rotatable bonds is 2. The van der Waals surface area contributed by atoms with Gasteiger partial charge in [-0.25, -0.2) is 8.42 Å². The summed E-state index contributed by atoms with van der Waals surface area (Å²) in [5, 5.41) is 5.26. The number of nitrogens with zero attached hydrogens (tertiary/aromatic N) is 1. The number of aryl methyl sites for hydroxylation is 1. The third-order valence-corrected chi connectivity index (χ3v) is 7.75. The van der Waals surface area contributed by atoms with Gasteiger partial charge in [-0.3, -0.25) is 0 Å². The Hall–Kier alpha value is -0.430. The lowest BCUT2D eigenvalue weighted by Crippen LogP contribution is -2.39. The first-order valence-electron chi connectivity index (χ1n) is 6.78. The zero-order valence-corrected chi connectivity index (χ0v) is 12.8. The minimum atomic E-state index is -3.26. The molecule has 2 saturated heterocycles. The van der Waals surface area contributed by atoms with E-state index in [-0.39, 0.29) is 5.41 Å². The fraction of sp³-hybridized carbons (Fsp3) is 0.692. The van der Waals surface area contributed by atoms with Crippen LogP contribution in [-0.4, -0.2) is 38.9 Å². The highest BCUT2D eigenvalue weighted by molar-refractivity contribution is 7.91. The third kappa shape index (κ3) is 2.46. The van der Waals surface area contributed by atoms with E-state index in [4.69, 9.17) is 0 Å². The van der Waals surface area contributed by atoms with Gasteiger partial charge in [0.05, 0.1) is 0 Å². The smallest absolute Gasteiger partial charge is 0.252 e. The van der Waals surface area contributed by atoms with Crippen molar-refractivity contribution in [2.24, 2.45) is 5.41 Å². The topological polar surface area (TPSA) is 49.4 Å². The van der Waals surface area contributed by atoms with Crippen LogP contribution < -0.4 is 5.32 Å². The fourth-order valence-corrected chi connectivity index (χ4v) is 6.07. The lowest BCUT2D eigenvalue weighted by molar-refractivity contribution is 0.218. The molecule has 1 spiro atoms. The van der Waals surface area contributed by atoms with Crippen LogP contribution in [-0.2, 0) is 10.0 Å². The van der Waals surface area contributed by atoms with Gasteiger partial charge in [0.2, 0.25) is 0 Å². The molecule has 0 bridgehead atoms. The maximum Gasteiger partial charge on any atom is 0.252 e. The van der Waals surface area contributed by atoms with Crippen LogP contribution in [0.3, 0.4) is 0 Å². The van der Waals surface area contributed by atoms with Gasteiger partial charge in [-0.15, -0.1) is 11.3 Å². The summed E-state index contributed by atoms with van der Waals surface area (Å²) in [5.41, 5.74) is 1.25. The minimum absolute atomic E-state index is 0.227. The van der Waals surface area contributed by atoms with Gasteiger partial charge in [-0.05, 0) is 61.7 Å². The maximum atomic E-state index is 12.6. The molecule has 1 aromatic rings. The summed E-state index contributed by atoms with van der Waals surface area (Å²) < 4.78 is 27.4. The summed E-state index contributed by atoms with van der Waals surface area (Å²) in [5.74, 6) is 0. The number of sulfonamides is 1. The van der Waals surface area contributed by atoms with Gasteiger partial charge >= 0.3 is 0 Å². The predicted octanol–water partition coefficient (Wildman–Crippen LogP) is 1.82. The van der Waals surface area contributed by atoms with Gasteiger partial charge in [0.15, 0.2) is 0 Å². The van der Waals surface area contributed by atoms with Gasteiger partial charge in [-0.1, -0.05) is 0 Å². The van der Waals surface area contributed by atoms with E-state index in [1.807, 2.05) is 12.3 Å². The van der Waals surface area contributed by atoms with Crippen molar-refractivity contribution in [2.75, 3.05) is 26.2 Å². The van der Waals surface area contributed by atoms with Crippen molar-refractivity contribution >= 4 is 21.4 Å². The van der Waals surface area contributed by atoms with Crippen LogP contribution in [0.15, 0.2) is 15.7 Å². The number of thiophene rings is 1. The zero-order valence-electron chi connectivity index (χ0n) is 11.2. The second-order valence-corrected chi connectivity index (χ2v) is 8.86. The van der Waals surface area contributed by atoms with E-state index in [2.05, 4.69) is 5.32 Å². The van der Waals surface area contributed by atoms with Crippen molar-refractivity contribution in [2.45, 2.75) is 30.4 Å². The van der Waals surface area contributed by atoms with Crippen molar-refractivity contribution in [1.82, 2.24) is 9.62 Å². The van der Waals surface area contributed by atoms with Crippen LogP contribution in [0.4, 0.5) is 0 Å². The van der Waals surface area contributed by atoms with Crippen molar-refractivity contribution < 1.29 is 8.42 Å². The molecule has 3 heterocycles. The van der Waals surface area contributed by atoms with E-state index in [0.29, 0.717) is 17.3 Å². The molecule has 0 aromatic carbocycles. The lowest BCUT2D eigenvalue weighted by Gasteiger charge is -2.33. The van der Waals surface area contributed by atoms with E-state index in [1.165, 1.54) is 11.3 Å². The standard InChI is InChI=1S/C13H20N2O2S2/c1-11-8-12(18-9-11)19(16,17)15-7-4-13(10-15)2-5-14-6-3-13/h8-9,14H,2-7,10H2,1H3. The molecule has 4 nitrogen and oxygen atoms in total. The van der Waals surface area contributed by atoms with Gasteiger partial charge in [0, 0.05) is 13.1 Å². The van der Waals surface area contributed by atoms with Gasteiger partial charge in [0.1, 0.15) is 4.21 Å². The molecular weight excluding hydrogens is 280 g/mol. The summed E-state index contributed by atoms with van der Waals surface area (Å²) in [4.78, 5) is 0. The summed E-state index contributed by atoms with van der Waals surface area (Å²) in [6, 6.07) is 1.79. The lowest BCUT2D eigenvalue weighted by atomic mass is 9.78. The first kappa shape index (κ1) is 13.5. The molecule has 0 saturated carbocycles. The molecule has 0 atom stereocenters. The molecule has 1 N–H and O–H groups in total. The number of hydrogen-bond acceptors (Lipinski definition) is 4. The summed E-state index contributed by atoms with van der Waals surface area (Å²) in [7, 11) is -3.26. The van der Waals surface area contributed by atoms with Crippen molar-refractivity contribution in [1.29, 1.82) is 0 Å². The van der Waals surface area contributed by atoms with Gasteiger partial charge in [0.25, 0.3) is 10.0 Å². The Morgan fingerprint density at radius 2 is 2.05 bits per heavy atom. The Labute approximate surface area is 118 Å². The van der Waals surface area contributed by atoms with E-state index >= 15 is 0 Å². The zero-order chi connectivity index (χ0) is 13.5. The second kappa shape index (κ2) is 4.84. The van der Waals surface area contributed by atoms with Crippen molar-refractivity contribution in [3.63, 3.8) is 0 Å². The highest BCUT2D eigenvalue weighted by Gasteiger charge is 2.43. The summed E-state index contributed by atoms with van der Waals surface area (Å²) >= 11 is 1.34. The number of nitrogens with one attached hydrogen (secondary N) is 1. The molecule has 0 amide bonds. The molecule has 2 fully saturated rings. The van der Waals surface area contributed by atoms with Crippen molar-refractivity contribution in [3.05, 3.63) is 17.0 Å².